The molecule has 0 aliphatic rings. The lowest BCUT2D eigenvalue weighted by Gasteiger charge is -2.15. The average molecular weight is 404 g/mol. The van der Waals surface area contributed by atoms with Crippen LogP contribution in [0.25, 0.3) is 6.08 Å². The number of ketones is 1. The normalized spacial score (nSPS) is 11.3. The lowest BCUT2D eigenvalue weighted by atomic mass is 10.0. The fraction of sp³-hybridized carbons (Fsp3) is 0.182. The van der Waals surface area contributed by atoms with Crippen LogP contribution >= 0.6 is 0 Å². The van der Waals surface area contributed by atoms with E-state index in [4.69, 9.17) is 10.2 Å². The minimum absolute atomic E-state index is 0.0516. The predicted octanol–water partition coefficient (Wildman–Crippen LogP) is 2.35. The number of aryl methyl sites for hydroxylation is 1. The van der Waals surface area contributed by atoms with E-state index in [-0.39, 0.29) is 24.5 Å². The van der Waals surface area contributed by atoms with Crippen LogP contribution in [-0.4, -0.2) is 14.9 Å². The number of benzene rings is 1. The van der Waals surface area contributed by atoms with Gasteiger partial charge in [-0.3, -0.25) is 18.7 Å². The minimum Gasteiger partial charge on any atom is -0.462 e. The SMILES string of the molecule is CCn1c(=O)c(C(=O)/C(C#N)=C/c2ccc(C)o2)c(N)n(Cc2ccccc2)c1=O. The first-order valence-corrected chi connectivity index (χ1v) is 9.27. The Kier molecular flexibility index (Phi) is 5.83. The summed E-state index contributed by atoms with van der Waals surface area (Å²) in [6.45, 7) is 3.47. The summed E-state index contributed by atoms with van der Waals surface area (Å²) in [5.74, 6) is -0.238. The molecule has 0 spiro atoms. The maximum atomic E-state index is 13.1. The zero-order chi connectivity index (χ0) is 21.8. The number of hydrogen-bond acceptors (Lipinski definition) is 6. The Morgan fingerprint density at radius 2 is 1.87 bits per heavy atom. The van der Waals surface area contributed by atoms with Crippen molar-refractivity contribution in [2.75, 3.05) is 5.73 Å². The lowest BCUT2D eigenvalue weighted by molar-refractivity contribution is 0.103. The van der Waals surface area contributed by atoms with Gasteiger partial charge in [-0.15, -0.1) is 0 Å². The van der Waals surface area contributed by atoms with Crippen molar-refractivity contribution in [1.82, 2.24) is 9.13 Å². The van der Waals surface area contributed by atoms with Gasteiger partial charge in [-0.2, -0.15) is 5.26 Å². The van der Waals surface area contributed by atoms with Crippen molar-refractivity contribution in [3.8, 4) is 6.07 Å². The Morgan fingerprint density at radius 3 is 2.43 bits per heavy atom. The molecule has 8 nitrogen and oxygen atoms in total. The van der Waals surface area contributed by atoms with Gasteiger partial charge in [0, 0.05) is 12.6 Å². The molecule has 2 N–H and O–H groups in total. The van der Waals surface area contributed by atoms with Gasteiger partial charge < -0.3 is 10.2 Å². The number of furan rings is 1. The van der Waals surface area contributed by atoms with Gasteiger partial charge in [0.2, 0.25) is 5.78 Å². The third-order valence-electron chi connectivity index (χ3n) is 4.61. The van der Waals surface area contributed by atoms with Crippen molar-refractivity contribution < 1.29 is 9.21 Å². The largest absolute Gasteiger partial charge is 0.462 e. The van der Waals surface area contributed by atoms with Crippen LogP contribution in [0.5, 0.6) is 0 Å². The third-order valence-corrected chi connectivity index (χ3v) is 4.61. The van der Waals surface area contributed by atoms with Crippen molar-refractivity contribution in [1.29, 1.82) is 5.26 Å². The lowest BCUT2D eigenvalue weighted by Crippen LogP contribution is -2.44. The molecule has 1 aromatic carbocycles. The monoisotopic (exact) mass is 404 g/mol. The van der Waals surface area contributed by atoms with Gasteiger partial charge in [0.25, 0.3) is 5.56 Å². The molecule has 0 saturated heterocycles. The van der Waals surface area contributed by atoms with E-state index in [1.165, 1.54) is 10.6 Å². The van der Waals surface area contributed by atoms with Crippen LogP contribution in [0.2, 0.25) is 0 Å². The first-order chi connectivity index (χ1) is 14.4. The van der Waals surface area contributed by atoms with Gasteiger partial charge in [0.05, 0.1) is 6.54 Å². The standard InChI is InChI=1S/C22H20N4O4/c1-3-25-21(28)18(19(27)16(12-23)11-17-10-9-14(2)30-17)20(24)26(22(25)29)13-15-7-5-4-6-8-15/h4-11H,3,13,24H2,1-2H3/b16-11+. The Balaban J connectivity index is 2.18. The van der Waals surface area contributed by atoms with Crippen molar-refractivity contribution >= 4 is 17.7 Å². The molecule has 0 bridgehead atoms. The molecule has 0 unspecified atom stereocenters. The van der Waals surface area contributed by atoms with E-state index in [2.05, 4.69) is 0 Å². The molecule has 30 heavy (non-hydrogen) atoms. The van der Waals surface area contributed by atoms with Gasteiger partial charge in [-0.25, -0.2) is 4.79 Å². The maximum Gasteiger partial charge on any atom is 0.332 e. The highest BCUT2D eigenvalue weighted by Crippen LogP contribution is 2.17. The number of hydrogen-bond donors (Lipinski definition) is 1. The highest BCUT2D eigenvalue weighted by atomic mass is 16.3. The van der Waals surface area contributed by atoms with Gasteiger partial charge >= 0.3 is 5.69 Å². The van der Waals surface area contributed by atoms with E-state index >= 15 is 0 Å². The average Bonchev–Trinajstić information content (AvgIpc) is 3.15. The van der Waals surface area contributed by atoms with Crippen LogP contribution in [0.15, 0.2) is 62.0 Å². The molecule has 0 radical (unpaired) electrons. The summed E-state index contributed by atoms with van der Waals surface area (Å²) in [5, 5.41) is 9.49. The van der Waals surface area contributed by atoms with Gasteiger partial charge in [-0.1, -0.05) is 30.3 Å². The van der Waals surface area contributed by atoms with Crippen LogP contribution in [0, 0.1) is 18.3 Å². The summed E-state index contributed by atoms with van der Waals surface area (Å²) in [6, 6.07) is 14.1. The van der Waals surface area contributed by atoms with Gasteiger partial charge in [0.15, 0.2) is 0 Å². The Bertz CT molecular complexity index is 1290. The van der Waals surface area contributed by atoms with Crippen LogP contribution in [0.1, 0.15) is 34.4 Å². The molecular weight excluding hydrogens is 384 g/mol. The second-order valence-electron chi connectivity index (χ2n) is 6.61. The molecule has 2 aromatic heterocycles. The second-order valence-corrected chi connectivity index (χ2v) is 6.61. The molecule has 0 saturated carbocycles. The predicted molar refractivity (Wildman–Crippen MR) is 112 cm³/mol. The topological polar surface area (TPSA) is 124 Å². The zero-order valence-corrected chi connectivity index (χ0v) is 16.6. The molecule has 0 amide bonds. The molecule has 0 atom stereocenters. The number of nitriles is 1. The third kappa shape index (κ3) is 3.86. The van der Waals surface area contributed by atoms with Crippen LogP contribution in [0.4, 0.5) is 5.82 Å². The van der Waals surface area contributed by atoms with Gasteiger partial charge in [0.1, 0.15) is 34.5 Å². The fourth-order valence-corrected chi connectivity index (χ4v) is 3.08. The molecule has 8 heteroatoms. The first-order valence-electron chi connectivity index (χ1n) is 9.27. The highest BCUT2D eigenvalue weighted by molar-refractivity contribution is 6.15. The number of nitrogen functional groups attached to an aromatic ring is 1. The molecule has 2 heterocycles. The number of anilines is 1. The van der Waals surface area contributed by atoms with Crippen LogP contribution in [0.3, 0.4) is 0 Å². The van der Waals surface area contributed by atoms with Crippen molar-refractivity contribution in [3.63, 3.8) is 0 Å². The van der Waals surface area contributed by atoms with E-state index in [1.807, 2.05) is 6.07 Å². The van der Waals surface area contributed by atoms with Crippen LogP contribution in [-0.2, 0) is 13.1 Å². The Labute approximate surface area is 172 Å². The number of allylic oxidation sites excluding steroid dienone is 1. The zero-order valence-electron chi connectivity index (χ0n) is 16.6. The molecule has 0 aliphatic carbocycles. The molecule has 0 aliphatic heterocycles. The molecule has 152 valence electrons. The second kappa shape index (κ2) is 8.49. The number of aromatic nitrogens is 2. The summed E-state index contributed by atoms with van der Waals surface area (Å²) in [4.78, 5) is 38.7. The number of nitrogens with two attached hydrogens (primary N) is 1. The number of nitrogens with zero attached hydrogens (tertiary/aromatic N) is 3. The summed E-state index contributed by atoms with van der Waals surface area (Å²) in [5.41, 5.74) is 4.71. The van der Waals surface area contributed by atoms with E-state index in [9.17, 15) is 19.6 Å². The Hall–Kier alpha value is -4.12. The summed E-state index contributed by atoms with van der Waals surface area (Å²) < 4.78 is 7.47. The number of carbonyl (C=O) groups is 1. The smallest absolute Gasteiger partial charge is 0.332 e. The first kappa shape index (κ1) is 20.6. The molecule has 0 fully saturated rings. The van der Waals surface area contributed by atoms with Crippen molar-refractivity contribution in [2.24, 2.45) is 0 Å². The number of Topliss-reactive ketones (excluding diaryl/α,β-unsaturated/α-hetero) is 1. The quantitative estimate of drug-likeness (QED) is 0.382. The van der Waals surface area contributed by atoms with E-state index < -0.39 is 22.6 Å². The minimum atomic E-state index is -0.863. The highest BCUT2D eigenvalue weighted by Gasteiger charge is 2.25. The van der Waals surface area contributed by atoms with Crippen molar-refractivity contribution in [3.05, 3.63) is 91.5 Å². The number of rotatable bonds is 6. The molecular formula is C22H20N4O4. The number of carbonyl (C=O) groups excluding carboxylic acids is 1. The van der Waals surface area contributed by atoms with Gasteiger partial charge in [-0.05, 0) is 31.5 Å². The van der Waals surface area contributed by atoms with E-state index in [0.717, 1.165) is 10.1 Å². The van der Waals surface area contributed by atoms with E-state index in [1.54, 1.807) is 56.3 Å². The molecule has 3 aromatic rings. The Morgan fingerprint density at radius 1 is 1.17 bits per heavy atom. The van der Waals surface area contributed by atoms with Crippen LogP contribution < -0.4 is 17.0 Å². The summed E-state index contributed by atoms with van der Waals surface area (Å²) >= 11 is 0. The fourth-order valence-electron chi connectivity index (χ4n) is 3.08. The summed E-state index contributed by atoms with van der Waals surface area (Å²) in [7, 11) is 0. The maximum absolute atomic E-state index is 13.1. The summed E-state index contributed by atoms with van der Waals surface area (Å²) in [6.07, 6.45) is 1.25. The molecule has 3 rings (SSSR count). The van der Waals surface area contributed by atoms with E-state index in [0.29, 0.717) is 11.5 Å². The van der Waals surface area contributed by atoms with Crippen molar-refractivity contribution in [2.45, 2.75) is 26.9 Å².